The van der Waals surface area contributed by atoms with E-state index in [1.54, 1.807) is 68.8 Å². The molecule has 2 aromatic carbocycles. The first kappa shape index (κ1) is 20.8. The van der Waals surface area contributed by atoms with Gasteiger partial charge in [-0.1, -0.05) is 5.16 Å². The van der Waals surface area contributed by atoms with Gasteiger partial charge >= 0.3 is 0 Å². The van der Waals surface area contributed by atoms with E-state index in [1.807, 2.05) is 0 Å². The number of nitrogens with one attached hydrogen (secondary N) is 2. The van der Waals surface area contributed by atoms with Gasteiger partial charge in [0.05, 0.1) is 19.0 Å². The van der Waals surface area contributed by atoms with Crippen molar-refractivity contribution in [3.8, 4) is 17.2 Å². The summed E-state index contributed by atoms with van der Waals surface area (Å²) in [6.07, 6.45) is 3.06. The Kier molecular flexibility index (Phi) is 5.93. The largest absolute Gasteiger partial charge is 0.497 e. The van der Waals surface area contributed by atoms with E-state index in [-0.39, 0.29) is 18.4 Å². The third-order valence-electron chi connectivity index (χ3n) is 4.49. The van der Waals surface area contributed by atoms with Crippen LogP contribution in [-0.2, 0) is 11.3 Å². The van der Waals surface area contributed by atoms with Gasteiger partial charge in [0.1, 0.15) is 12.3 Å². The van der Waals surface area contributed by atoms with Gasteiger partial charge in [-0.2, -0.15) is 10.1 Å². The van der Waals surface area contributed by atoms with Gasteiger partial charge in [0, 0.05) is 23.0 Å². The zero-order valence-electron chi connectivity index (χ0n) is 17.4. The van der Waals surface area contributed by atoms with E-state index in [0.29, 0.717) is 34.4 Å². The van der Waals surface area contributed by atoms with E-state index in [2.05, 4.69) is 25.9 Å². The van der Waals surface area contributed by atoms with Gasteiger partial charge in [0.15, 0.2) is 5.82 Å². The third-order valence-corrected chi connectivity index (χ3v) is 4.49. The molecule has 0 aliphatic carbocycles. The fraction of sp³-hybridized carbons (Fsp3) is 0.136. The number of methoxy groups -OCH3 is 1. The first-order valence-corrected chi connectivity index (χ1v) is 9.68. The highest BCUT2D eigenvalue weighted by atomic mass is 16.5. The molecule has 0 radical (unpaired) electrons. The predicted molar refractivity (Wildman–Crippen MR) is 116 cm³/mol. The van der Waals surface area contributed by atoms with Gasteiger partial charge in [0.2, 0.25) is 5.91 Å². The zero-order chi connectivity index (χ0) is 22.5. The van der Waals surface area contributed by atoms with Crippen molar-refractivity contribution in [1.29, 1.82) is 0 Å². The number of ether oxygens (including phenoxy) is 1. The molecule has 4 aromatic rings. The number of aromatic nitrogens is 4. The Morgan fingerprint density at radius 1 is 1.03 bits per heavy atom. The molecule has 0 saturated heterocycles. The van der Waals surface area contributed by atoms with E-state index in [4.69, 9.17) is 9.26 Å². The Bertz CT molecular complexity index is 1230. The van der Waals surface area contributed by atoms with Gasteiger partial charge in [-0.3, -0.25) is 14.3 Å². The maximum Gasteiger partial charge on any atom is 0.257 e. The number of carbonyl (C=O) groups is 2. The first-order chi connectivity index (χ1) is 15.5. The Labute approximate surface area is 183 Å². The van der Waals surface area contributed by atoms with Crippen molar-refractivity contribution in [2.45, 2.75) is 13.5 Å². The Balaban J connectivity index is 1.33. The smallest absolute Gasteiger partial charge is 0.257 e. The van der Waals surface area contributed by atoms with Gasteiger partial charge in [-0.15, -0.1) is 0 Å². The summed E-state index contributed by atoms with van der Waals surface area (Å²) in [5, 5.41) is 13.4. The molecule has 0 aliphatic rings. The zero-order valence-corrected chi connectivity index (χ0v) is 17.4. The molecule has 0 unspecified atom stereocenters. The highest BCUT2D eigenvalue weighted by Crippen LogP contribution is 2.18. The van der Waals surface area contributed by atoms with Crippen molar-refractivity contribution in [3.63, 3.8) is 0 Å². The van der Waals surface area contributed by atoms with Crippen LogP contribution in [0.4, 0.5) is 11.4 Å². The number of carbonyl (C=O) groups excluding carboxylic acids is 2. The van der Waals surface area contributed by atoms with Crippen molar-refractivity contribution in [3.05, 3.63) is 72.3 Å². The molecule has 2 heterocycles. The van der Waals surface area contributed by atoms with E-state index in [1.165, 1.54) is 10.9 Å². The van der Waals surface area contributed by atoms with Gasteiger partial charge in [0.25, 0.3) is 11.8 Å². The van der Waals surface area contributed by atoms with Crippen LogP contribution in [0.15, 0.2) is 65.4 Å². The molecule has 0 saturated carbocycles. The van der Waals surface area contributed by atoms with Gasteiger partial charge in [-0.25, -0.2) is 0 Å². The predicted octanol–water partition coefficient (Wildman–Crippen LogP) is 3.14. The minimum Gasteiger partial charge on any atom is -0.497 e. The Morgan fingerprint density at radius 2 is 1.78 bits per heavy atom. The van der Waals surface area contributed by atoms with E-state index < -0.39 is 0 Å². The van der Waals surface area contributed by atoms with E-state index in [9.17, 15) is 9.59 Å². The summed E-state index contributed by atoms with van der Waals surface area (Å²) in [7, 11) is 1.58. The average molecular weight is 432 g/mol. The molecule has 162 valence electrons. The number of anilines is 2. The monoisotopic (exact) mass is 432 g/mol. The summed E-state index contributed by atoms with van der Waals surface area (Å²) in [6, 6.07) is 13.8. The summed E-state index contributed by atoms with van der Waals surface area (Å²) < 4.78 is 11.6. The Morgan fingerprint density at radius 3 is 2.44 bits per heavy atom. The molecular formula is C22H20N6O4. The topological polar surface area (TPSA) is 124 Å². The van der Waals surface area contributed by atoms with Crippen molar-refractivity contribution < 1.29 is 18.8 Å². The highest BCUT2D eigenvalue weighted by molar-refractivity contribution is 6.04. The van der Waals surface area contributed by atoms with Crippen LogP contribution in [0.2, 0.25) is 0 Å². The van der Waals surface area contributed by atoms with Gasteiger partial charge in [-0.05, 0) is 55.5 Å². The lowest BCUT2D eigenvalue weighted by Gasteiger charge is -2.06. The minimum absolute atomic E-state index is 0.000194. The molecule has 2 amide bonds. The van der Waals surface area contributed by atoms with Crippen LogP contribution in [-0.4, -0.2) is 38.8 Å². The highest BCUT2D eigenvalue weighted by Gasteiger charge is 2.11. The fourth-order valence-corrected chi connectivity index (χ4v) is 2.92. The molecular weight excluding hydrogens is 412 g/mol. The molecule has 10 heteroatoms. The van der Waals surface area contributed by atoms with Crippen molar-refractivity contribution >= 4 is 23.2 Å². The summed E-state index contributed by atoms with van der Waals surface area (Å²) in [5.41, 5.74) is 2.30. The van der Waals surface area contributed by atoms with E-state index in [0.717, 1.165) is 5.56 Å². The van der Waals surface area contributed by atoms with Crippen LogP contribution >= 0.6 is 0 Å². The molecule has 0 bridgehead atoms. The number of hydrogen-bond acceptors (Lipinski definition) is 7. The lowest BCUT2D eigenvalue weighted by atomic mass is 10.1. The van der Waals surface area contributed by atoms with Crippen molar-refractivity contribution in [1.82, 2.24) is 19.9 Å². The molecule has 0 spiro atoms. The van der Waals surface area contributed by atoms with Crippen molar-refractivity contribution in [2.24, 2.45) is 0 Å². The van der Waals surface area contributed by atoms with Crippen LogP contribution < -0.4 is 15.4 Å². The molecule has 0 atom stereocenters. The maximum atomic E-state index is 12.5. The number of nitrogens with zero attached hydrogens (tertiary/aromatic N) is 4. The number of hydrogen-bond donors (Lipinski definition) is 2. The summed E-state index contributed by atoms with van der Waals surface area (Å²) >= 11 is 0. The number of aryl methyl sites for hydroxylation is 1. The summed E-state index contributed by atoms with van der Waals surface area (Å²) in [5.74, 6) is 1.08. The minimum atomic E-state index is -0.305. The molecule has 2 N–H and O–H groups in total. The van der Waals surface area contributed by atoms with Crippen LogP contribution in [0.3, 0.4) is 0 Å². The second kappa shape index (κ2) is 9.13. The second-order valence-electron chi connectivity index (χ2n) is 6.88. The standard InChI is InChI=1S/C22H20N6O4/c1-14-24-22(32-27-14)16-5-3-15(4-6-16)21(30)26-18-11-23-28(12-18)13-20(29)25-17-7-9-19(31-2)10-8-17/h3-12H,13H2,1-2H3,(H,25,29)(H,26,30). The molecule has 0 aliphatic heterocycles. The lowest BCUT2D eigenvalue weighted by Crippen LogP contribution is -2.19. The molecule has 10 nitrogen and oxygen atoms in total. The quantitative estimate of drug-likeness (QED) is 0.460. The van der Waals surface area contributed by atoms with Gasteiger partial charge < -0.3 is 19.9 Å². The molecule has 4 rings (SSSR count). The van der Waals surface area contributed by atoms with Crippen LogP contribution in [0, 0.1) is 6.92 Å². The molecule has 0 fully saturated rings. The SMILES string of the molecule is COc1ccc(NC(=O)Cn2cc(NC(=O)c3ccc(-c4nc(C)no4)cc3)cn2)cc1. The summed E-state index contributed by atoms with van der Waals surface area (Å²) in [4.78, 5) is 28.9. The van der Waals surface area contributed by atoms with Crippen LogP contribution in [0.1, 0.15) is 16.2 Å². The number of rotatable bonds is 7. The lowest BCUT2D eigenvalue weighted by molar-refractivity contribution is -0.116. The third kappa shape index (κ3) is 4.98. The maximum absolute atomic E-state index is 12.5. The van der Waals surface area contributed by atoms with E-state index >= 15 is 0 Å². The van der Waals surface area contributed by atoms with Crippen molar-refractivity contribution in [2.75, 3.05) is 17.7 Å². The average Bonchev–Trinajstić information content (AvgIpc) is 3.43. The Hall–Kier alpha value is -4.47. The second-order valence-corrected chi connectivity index (χ2v) is 6.88. The molecule has 32 heavy (non-hydrogen) atoms. The number of amides is 2. The normalized spacial score (nSPS) is 10.6. The fourth-order valence-electron chi connectivity index (χ4n) is 2.92. The number of benzene rings is 2. The summed E-state index contributed by atoms with van der Waals surface area (Å²) in [6.45, 7) is 1.73. The first-order valence-electron chi connectivity index (χ1n) is 9.68. The van der Waals surface area contributed by atoms with Crippen LogP contribution in [0.5, 0.6) is 5.75 Å². The van der Waals surface area contributed by atoms with Crippen LogP contribution in [0.25, 0.3) is 11.5 Å². The molecule has 2 aromatic heterocycles.